The van der Waals surface area contributed by atoms with E-state index in [9.17, 15) is 9.18 Å². The first kappa shape index (κ1) is 17.9. The summed E-state index contributed by atoms with van der Waals surface area (Å²) in [6.07, 6.45) is 1.03. The summed E-state index contributed by atoms with van der Waals surface area (Å²) in [6.45, 7) is 2.41. The van der Waals surface area contributed by atoms with Crippen molar-refractivity contribution in [2.24, 2.45) is 5.73 Å². The Morgan fingerprint density at radius 1 is 1.41 bits per heavy atom. The lowest BCUT2D eigenvalue weighted by Gasteiger charge is -2.32. The number of benzene rings is 1. The number of alkyl halides is 1. The number of hydrogen-bond donors (Lipinski definition) is 1. The molecular weight excluding hydrogens is 367 g/mol. The first-order chi connectivity index (χ1) is 13.0. The molecular formula is C18H19FN6OS. The molecule has 27 heavy (non-hydrogen) atoms. The van der Waals surface area contributed by atoms with Crippen LogP contribution in [0.5, 0.6) is 0 Å². The highest BCUT2D eigenvalue weighted by Gasteiger charge is 2.29. The van der Waals surface area contributed by atoms with Crippen LogP contribution in [0.3, 0.4) is 0 Å². The van der Waals surface area contributed by atoms with Gasteiger partial charge in [-0.25, -0.2) is 14.4 Å². The van der Waals surface area contributed by atoms with Crippen LogP contribution in [0.2, 0.25) is 0 Å². The molecule has 0 aliphatic carbocycles. The van der Waals surface area contributed by atoms with E-state index in [1.54, 1.807) is 6.20 Å². The van der Waals surface area contributed by atoms with Gasteiger partial charge in [0.25, 0.3) is 0 Å². The Bertz CT molecular complexity index is 993. The minimum Gasteiger partial charge on any atom is -0.339 e. The number of carbonyl (C=O) groups excluding carboxylic acids is 1. The maximum absolute atomic E-state index is 13.8. The van der Waals surface area contributed by atoms with Gasteiger partial charge in [-0.05, 0) is 19.4 Å². The molecule has 4 rings (SSSR count). The van der Waals surface area contributed by atoms with Gasteiger partial charge in [-0.3, -0.25) is 4.79 Å². The number of carbonyl (C=O) groups is 1. The Kier molecular flexibility index (Phi) is 4.79. The number of hydrogen-bond acceptors (Lipinski definition) is 7. The number of rotatable bonds is 3. The van der Waals surface area contributed by atoms with Gasteiger partial charge in [-0.2, -0.15) is 0 Å². The van der Waals surface area contributed by atoms with Crippen LogP contribution in [0.4, 0.5) is 4.39 Å². The van der Waals surface area contributed by atoms with Crippen molar-refractivity contribution in [3.05, 3.63) is 35.2 Å². The first-order valence-corrected chi connectivity index (χ1v) is 9.55. The Morgan fingerprint density at radius 3 is 3.00 bits per heavy atom. The summed E-state index contributed by atoms with van der Waals surface area (Å²) in [5, 5.41) is 10.8. The summed E-state index contributed by atoms with van der Waals surface area (Å²) in [5.41, 5.74) is 7.34. The fourth-order valence-corrected chi connectivity index (χ4v) is 3.78. The lowest BCUT2D eigenvalue weighted by molar-refractivity contribution is -0.132. The molecule has 1 saturated heterocycles. The smallest absolute Gasteiger partial charge is 0.230 e. The average Bonchev–Trinajstić information content (AvgIpc) is 3.09. The topological polar surface area (TPSA) is 97.9 Å². The van der Waals surface area contributed by atoms with Crippen molar-refractivity contribution in [2.45, 2.75) is 32.0 Å². The molecule has 1 aliphatic rings. The monoisotopic (exact) mass is 386 g/mol. The van der Waals surface area contributed by atoms with E-state index in [1.807, 2.05) is 25.1 Å². The highest BCUT2D eigenvalue weighted by Crippen LogP contribution is 2.26. The highest BCUT2D eigenvalue weighted by molar-refractivity contribution is 7.14. The van der Waals surface area contributed by atoms with Crippen LogP contribution in [-0.4, -0.2) is 56.3 Å². The van der Waals surface area contributed by atoms with E-state index in [4.69, 9.17) is 5.73 Å². The molecule has 7 nitrogen and oxygen atoms in total. The molecule has 1 aliphatic heterocycles. The molecule has 3 aromatic rings. The number of aryl methyl sites for hydroxylation is 1. The lowest BCUT2D eigenvalue weighted by atomic mass is 10.0. The molecule has 0 saturated carbocycles. The number of amides is 1. The fraction of sp³-hybridized carbons (Fsp3) is 0.389. The third-order valence-corrected chi connectivity index (χ3v) is 5.55. The maximum atomic E-state index is 13.8. The zero-order chi connectivity index (χ0) is 19.0. The predicted octanol–water partition coefficient (Wildman–Crippen LogP) is 1.90. The highest BCUT2D eigenvalue weighted by atomic mass is 32.1. The summed E-state index contributed by atoms with van der Waals surface area (Å²) < 4.78 is 13.8. The van der Waals surface area contributed by atoms with E-state index in [0.717, 1.165) is 26.5 Å². The third kappa shape index (κ3) is 3.79. The number of nitrogens with two attached hydrogens (primary N) is 1. The molecule has 1 aromatic carbocycles. The van der Waals surface area contributed by atoms with Crippen LogP contribution in [0.25, 0.3) is 21.5 Å². The Labute approximate surface area is 159 Å². The minimum absolute atomic E-state index is 0.0358. The minimum atomic E-state index is -1.18. The van der Waals surface area contributed by atoms with Crippen molar-refractivity contribution >= 4 is 28.1 Å². The van der Waals surface area contributed by atoms with E-state index in [2.05, 4.69) is 20.2 Å². The Hall–Kier alpha value is -2.52. The molecule has 1 fully saturated rings. The van der Waals surface area contributed by atoms with E-state index < -0.39 is 12.2 Å². The molecule has 0 unspecified atom stereocenters. The van der Waals surface area contributed by atoms with Gasteiger partial charge >= 0.3 is 0 Å². The molecule has 2 aromatic heterocycles. The number of aromatic nitrogens is 4. The molecule has 2 N–H and O–H groups in total. The van der Waals surface area contributed by atoms with Crippen molar-refractivity contribution in [2.75, 3.05) is 13.1 Å². The summed E-state index contributed by atoms with van der Waals surface area (Å²) in [4.78, 5) is 22.8. The largest absolute Gasteiger partial charge is 0.339 e. The quantitative estimate of drug-likeness (QED) is 0.738. The second-order valence-corrected chi connectivity index (χ2v) is 7.85. The number of halogens is 1. The molecule has 140 valence electrons. The number of fused-ring (bicyclic) bond motifs is 1. The lowest BCUT2D eigenvalue weighted by Crippen LogP contribution is -2.50. The van der Waals surface area contributed by atoms with Crippen molar-refractivity contribution in [1.82, 2.24) is 25.1 Å². The normalized spacial score (nSPS) is 20.2. The second-order valence-electron chi connectivity index (χ2n) is 6.67. The molecule has 3 heterocycles. The van der Waals surface area contributed by atoms with Crippen molar-refractivity contribution in [3.8, 4) is 10.6 Å². The van der Waals surface area contributed by atoms with E-state index in [-0.39, 0.29) is 18.9 Å². The van der Waals surface area contributed by atoms with Gasteiger partial charge in [0.1, 0.15) is 22.0 Å². The van der Waals surface area contributed by atoms with Gasteiger partial charge in [0.15, 0.2) is 0 Å². The zero-order valence-electron chi connectivity index (χ0n) is 14.8. The van der Waals surface area contributed by atoms with Crippen LogP contribution in [0.1, 0.15) is 17.3 Å². The molecule has 0 radical (unpaired) electrons. The molecule has 0 bridgehead atoms. The third-order valence-electron chi connectivity index (χ3n) is 4.66. The van der Waals surface area contributed by atoms with Gasteiger partial charge in [-0.15, -0.1) is 10.2 Å². The second kappa shape index (κ2) is 7.24. The van der Waals surface area contributed by atoms with Crippen LogP contribution in [0.15, 0.2) is 24.4 Å². The van der Waals surface area contributed by atoms with Crippen LogP contribution in [0, 0.1) is 6.92 Å². The van der Waals surface area contributed by atoms with Crippen molar-refractivity contribution < 1.29 is 9.18 Å². The number of likely N-dealkylation sites (tertiary alicyclic amines) is 1. The van der Waals surface area contributed by atoms with Crippen LogP contribution >= 0.6 is 11.3 Å². The van der Waals surface area contributed by atoms with Crippen LogP contribution < -0.4 is 5.73 Å². The average molecular weight is 386 g/mol. The standard InChI is InChI=1S/C18H19FN6OS/c1-10-23-24-18(27-10)11-2-3-12-8-21-16(22-15(12)6-11)7-17(26)25-5-4-14(20)13(19)9-25/h2-3,6,8,13-14H,4-5,7,9,20H2,1H3/t13-,14-/m0/s1. The summed E-state index contributed by atoms with van der Waals surface area (Å²) >= 11 is 1.51. The molecule has 1 amide bonds. The SMILES string of the molecule is Cc1nnc(-c2ccc3cnc(CC(=O)N4CC[C@H](N)[C@@H](F)C4)nc3c2)s1. The van der Waals surface area contributed by atoms with Gasteiger partial charge in [0, 0.05) is 29.7 Å². The van der Waals surface area contributed by atoms with Gasteiger partial charge in [-0.1, -0.05) is 23.5 Å². The molecule has 9 heteroatoms. The van der Waals surface area contributed by atoms with E-state index >= 15 is 0 Å². The number of piperidine rings is 1. The van der Waals surface area contributed by atoms with E-state index in [1.165, 1.54) is 16.2 Å². The van der Waals surface area contributed by atoms with Gasteiger partial charge in [0.05, 0.1) is 18.5 Å². The predicted molar refractivity (Wildman–Crippen MR) is 101 cm³/mol. The summed E-state index contributed by atoms with van der Waals surface area (Å²) in [5.74, 6) is 0.239. The van der Waals surface area contributed by atoms with Crippen molar-refractivity contribution in [1.29, 1.82) is 0 Å². The molecule has 0 spiro atoms. The van der Waals surface area contributed by atoms with Crippen molar-refractivity contribution in [3.63, 3.8) is 0 Å². The van der Waals surface area contributed by atoms with Gasteiger partial charge < -0.3 is 10.6 Å². The fourth-order valence-electron chi connectivity index (χ4n) is 3.09. The van der Waals surface area contributed by atoms with E-state index in [0.29, 0.717) is 18.8 Å². The van der Waals surface area contributed by atoms with Gasteiger partial charge in [0.2, 0.25) is 5.91 Å². The Balaban J connectivity index is 1.54. The Morgan fingerprint density at radius 2 is 2.26 bits per heavy atom. The number of nitrogens with zero attached hydrogens (tertiary/aromatic N) is 5. The zero-order valence-corrected chi connectivity index (χ0v) is 15.6. The molecule has 2 atom stereocenters. The first-order valence-electron chi connectivity index (χ1n) is 8.73. The summed E-state index contributed by atoms with van der Waals surface area (Å²) in [6, 6.07) is 5.30. The maximum Gasteiger partial charge on any atom is 0.230 e. The van der Waals surface area contributed by atoms with Crippen LogP contribution in [-0.2, 0) is 11.2 Å². The summed E-state index contributed by atoms with van der Waals surface area (Å²) in [7, 11) is 0.